The Labute approximate surface area is 221 Å². The van der Waals surface area contributed by atoms with Crippen molar-refractivity contribution < 1.29 is 9.05 Å². The second-order valence-electron chi connectivity index (χ2n) is 10.2. The Morgan fingerprint density at radius 1 is 0.686 bits per heavy atom. The van der Waals surface area contributed by atoms with Gasteiger partial charge < -0.3 is 9.05 Å². The molecule has 0 saturated heterocycles. The van der Waals surface area contributed by atoms with Crippen molar-refractivity contribution in [1.82, 2.24) is 0 Å². The summed E-state index contributed by atoms with van der Waals surface area (Å²) in [7, 11) is 0. The largest absolute Gasteiger partial charge is 0.428 e. The van der Waals surface area contributed by atoms with Gasteiger partial charge in [-0.25, -0.2) is 0 Å². The Balaban J connectivity index is 1.96. The normalized spacial score (nSPS) is 12.4. The number of rotatable bonds is 12. The lowest BCUT2D eigenvalue weighted by molar-refractivity contribution is 0.447. The first-order valence-electron chi connectivity index (χ1n) is 12.5. The third kappa shape index (κ3) is 7.38. The molecule has 0 aliphatic heterocycles. The van der Waals surface area contributed by atoms with E-state index in [0.29, 0.717) is 0 Å². The van der Waals surface area contributed by atoms with Crippen molar-refractivity contribution in [1.29, 1.82) is 0 Å². The van der Waals surface area contributed by atoms with Crippen LogP contribution in [0, 0.1) is 0 Å². The minimum atomic E-state index is -2.76. The van der Waals surface area contributed by atoms with Crippen LogP contribution in [0.4, 0.5) is 0 Å². The number of aryl methyl sites for hydroxylation is 1. The van der Waals surface area contributed by atoms with Gasteiger partial charge in [0, 0.05) is 16.9 Å². The molecule has 0 aliphatic carbocycles. The van der Waals surface area contributed by atoms with Gasteiger partial charge in [0.05, 0.1) is 0 Å². The number of hydrogen-bond donors (Lipinski definition) is 0. The molecule has 0 fully saturated rings. The molecule has 0 saturated carbocycles. The first-order valence-corrected chi connectivity index (χ1v) is 16.7. The molecule has 0 spiro atoms. The number of hydrogen-bond acceptors (Lipinski definition) is 4. The Morgan fingerprint density at radius 2 is 1.11 bits per heavy atom. The third-order valence-corrected chi connectivity index (χ3v) is 11.8. The van der Waals surface area contributed by atoms with Gasteiger partial charge in [0.15, 0.2) is 0 Å². The van der Waals surface area contributed by atoms with E-state index in [-0.39, 0.29) is 10.8 Å². The van der Waals surface area contributed by atoms with Crippen molar-refractivity contribution in [2.75, 3.05) is 5.75 Å². The zero-order chi connectivity index (χ0) is 25.5. The number of para-hydroxylation sites is 2. The Hall–Kier alpha value is -1.74. The van der Waals surface area contributed by atoms with Gasteiger partial charge in [-0.1, -0.05) is 108 Å². The molecule has 0 aromatic heterocycles. The van der Waals surface area contributed by atoms with E-state index in [0.717, 1.165) is 36.5 Å². The highest BCUT2D eigenvalue weighted by molar-refractivity contribution is 8.68. The quantitative estimate of drug-likeness (QED) is 0.219. The van der Waals surface area contributed by atoms with E-state index in [2.05, 4.69) is 90.1 Å². The molecule has 0 radical (unpaired) electrons. The van der Waals surface area contributed by atoms with Crippen LogP contribution in [0.2, 0.25) is 0 Å². The summed E-state index contributed by atoms with van der Waals surface area (Å²) in [5, 5.41) is 0. The SMILES string of the molecule is CCC(C)(C)c1ccccc1OP(=S)(Oc1ccccc1C(C)(C)CC)SCCc1ccccc1. The molecule has 3 rings (SSSR count). The molecule has 188 valence electrons. The summed E-state index contributed by atoms with van der Waals surface area (Å²) in [6, 6.07) is 27.1. The lowest BCUT2D eigenvalue weighted by Gasteiger charge is -2.31. The average molecular weight is 527 g/mol. The minimum absolute atomic E-state index is 0.0203. The highest BCUT2D eigenvalue weighted by Crippen LogP contribution is 2.61. The monoisotopic (exact) mass is 526 g/mol. The van der Waals surface area contributed by atoms with Crippen molar-refractivity contribution in [2.24, 2.45) is 0 Å². The van der Waals surface area contributed by atoms with Crippen LogP contribution in [0.3, 0.4) is 0 Å². The maximum atomic E-state index is 6.73. The molecule has 0 N–H and O–H groups in total. The van der Waals surface area contributed by atoms with E-state index < -0.39 is 5.69 Å². The molecule has 2 nitrogen and oxygen atoms in total. The molecular formula is C30H39O2PS2. The molecule has 0 unspecified atom stereocenters. The number of benzene rings is 3. The third-order valence-electron chi connectivity index (χ3n) is 6.90. The molecule has 35 heavy (non-hydrogen) atoms. The summed E-state index contributed by atoms with van der Waals surface area (Å²) >= 11 is 7.89. The van der Waals surface area contributed by atoms with Gasteiger partial charge in [-0.15, -0.1) is 0 Å². The van der Waals surface area contributed by atoms with Crippen LogP contribution >= 0.6 is 17.1 Å². The van der Waals surface area contributed by atoms with Crippen LogP contribution in [0.5, 0.6) is 11.5 Å². The van der Waals surface area contributed by atoms with Gasteiger partial charge in [-0.05, 0) is 71.0 Å². The first kappa shape index (κ1) is 27.8. The predicted octanol–water partition coefficient (Wildman–Crippen LogP) is 9.72. The van der Waals surface area contributed by atoms with E-state index in [1.165, 1.54) is 16.7 Å². The van der Waals surface area contributed by atoms with Crippen LogP contribution in [0.1, 0.15) is 71.1 Å². The Bertz CT molecular complexity index is 1080. The van der Waals surface area contributed by atoms with Crippen molar-refractivity contribution in [2.45, 2.75) is 71.6 Å². The maximum Gasteiger partial charge on any atom is 0.348 e. The summed E-state index contributed by atoms with van der Waals surface area (Å²) in [6.45, 7) is 13.4. The zero-order valence-electron chi connectivity index (χ0n) is 21.9. The van der Waals surface area contributed by atoms with Gasteiger partial charge in [-0.2, -0.15) is 0 Å². The smallest absolute Gasteiger partial charge is 0.348 e. The van der Waals surface area contributed by atoms with Crippen molar-refractivity contribution >= 4 is 28.9 Å². The molecule has 0 amide bonds. The molecule has 3 aromatic carbocycles. The molecular weight excluding hydrogens is 487 g/mol. The van der Waals surface area contributed by atoms with Crippen LogP contribution in [-0.2, 0) is 29.1 Å². The van der Waals surface area contributed by atoms with Crippen LogP contribution in [-0.4, -0.2) is 5.75 Å². The van der Waals surface area contributed by atoms with Crippen molar-refractivity contribution in [3.8, 4) is 11.5 Å². The minimum Gasteiger partial charge on any atom is -0.428 e. The standard InChI is InChI=1S/C30H39O2PS2/c1-7-29(3,4)25-18-12-14-20-27(25)31-33(34,35-23-22-24-16-10-9-11-17-24)32-28-21-15-13-19-26(28)30(5,6)8-2/h9-21H,7-8,22-23H2,1-6H3. The molecule has 5 heteroatoms. The average Bonchev–Trinajstić information content (AvgIpc) is 2.85. The highest BCUT2D eigenvalue weighted by atomic mass is 32.9. The zero-order valence-corrected chi connectivity index (χ0v) is 24.4. The summed E-state index contributed by atoms with van der Waals surface area (Å²) < 4.78 is 13.5. The fraction of sp³-hybridized carbons (Fsp3) is 0.400. The Kier molecular flexibility index (Phi) is 9.54. The summed E-state index contributed by atoms with van der Waals surface area (Å²) in [6.07, 6.45) is 2.93. The predicted molar refractivity (Wildman–Crippen MR) is 158 cm³/mol. The lowest BCUT2D eigenvalue weighted by atomic mass is 9.82. The van der Waals surface area contributed by atoms with Gasteiger partial charge in [0.1, 0.15) is 11.5 Å². The van der Waals surface area contributed by atoms with Crippen molar-refractivity contribution in [3.05, 3.63) is 95.6 Å². The van der Waals surface area contributed by atoms with E-state index in [1.807, 2.05) is 30.3 Å². The fourth-order valence-corrected chi connectivity index (χ4v) is 8.21. The van der Waals surface area contributed by atoms with Gasteiger partial charge in [-0.3, -0.25) is 0 Å². The van der Waals surface area contributed by atoms with Gasteiger partial charge in [0.25, 0.3) is 0 Å². The summed E-state index contributed by atoms with van der Waals surface area (Å²) in [5.41, 5.74) is 0.833. The van der Waals surface area contributed by atoms with E-state index >= 15 is 0 Å². The van der Waals surface area contributed by atoms with E-state index in [1.54, 1.807) is 11.4 Å². The van der Waals surface area contributed by atoms with Crippen LogP contribution in [0.25, 0.3) is 0 Å². The summed E-state index contributed by atoms with van der Waals surface area (Å²) in [4.78, 5) is 0. The van der Waals surface area contributed by atoms with Crippen LogP contribution in [0.15, 0.2) is 78.9 Å². The van der Waals surface area contributed by atoms with Gasteiger partial charge >= 0.3 is 5.69 Å². The molecule has 0 aliphatic rings. The van der Waals surface area contributed by atoms with Crippen LogP contribution < -0.4 is 9.05 Å². The fourth-order valence-electron chi connectivity index (χ4n) is 3.82. The first-order chi connectivity index (χ1) is 16.6. The van der Waals surface area contributed by atoms with E-state index in [9.17, 15) is 0 Å². The molecule has 3 aromatic rings. The topological polar surface area (TPSA) is 18.5 Å². The molecule has 0 atom stereocenters. The molecule has 0 bridgehead atoms. The second kappa shape index (κ2) is 12.0. The highest BCUT2D eigenvalue weighted by Gasteiger charge is 2.31. The summed E-state index contributed by atoms with van der Waals surface area (Å²) in [5.74, 6) is 2.50. The van der Waals surface area contributed by atoms with E-state index in [4.69, 9.17) is 20.9 Å². The second-order valence-corrected chi connectivity index (χ2v) is 16.4. The molecule has 0 heterocycles. The maximum absolute atomic E-state index is 6.73. The van der Waals surface area contributed by atoms with Crippen molar-refractivity contribution in [3.63, 3.8) is 0 Å². The Morgan fingerprint density at radius 3 is 1.57 bits per heavy atom. The lowest BCUT2D eigenvalue weighted by Crippen LogP contribution is -2.18. The van der Waals surface area contributed by atoms with Gasteiger partial charge in [0.2, 0.25) is 0 Å².